The van der Waals surface area contributed by atoms with Crippen LogP contribution in [0.1, 0.15) is 79.1 Å². The van der Waals surface area contributed by atoms with Gasteiger partial charge in [-0.2, -0.15) is 0 Å². The molecule has 3 N–H and O–H groups in total. The zero-order valence-corrected chi connectivity index (χ0v) is 22.5. The molecule has 0 radical (unpaired) electrons. The summed E-state index contributed by atoms with van der Waals surface area (Å²) in [4.78, 5) is 37.4. The van der Waals surface area contributed by atoms with Crippen molar-refractivity contribution < 1.29 is 23.8 Å². The third-order valence-corrected chi connectivity index (χ3v) is 7.79. The molecule has 0 bridgehead atoms. The van der Waals surface area contributed by atoms with E-state index < -0.39 is 17.7 Å². The summed E-state index contributed by atoms with van der Waals surface area (Å²) in [6.07, 6.45) is 7.10. The van der Waals surface area contributed by atoms with Gasteiger partial charge in [-0.05, 0) is 39.5 Å². The standard InChI is InChI=1S/C26H36FN5O4S/c1-26(2,35)15-29-23(33)24-31-21(25(34)32-11-9-16(27)10-12-32)22(37-24)18-14-28-20(13-19(18)36-3)30-17-7-5-4-6-8-17/h13-14,16-17,35H,4-12,15H2,1-3H3,(H,28,30)(H,29,33). The number of carbonyl (C=O) groups is 2. The van der Waals surface area contributed by atoms with Crippen molar-refractivity contribution >= 4 is 29.0 Å². The highest BCUT2D eigenvalue weighted by Gasteiger charge is 2.31. The fourth-order valence-corrected chi connectivity index (χ4v) is 5.62. The Bertz CT molecular complexity index is 1100. The molecule has 1 aliphatic carbocycles. The fraction of sp³-hybridized carbons (Fsp3) is 0.615. The van der Waals surface area contributed by atoms with Crippen molar-refractivity contribution in [3.05, 3.63) is 23.0 Å². The van der Waals surface area contributed by atoms with Crippen LogP contribution in [0.2, 0.25) is 0 Å². The van der Waals surface area contributed by atoms with Crippen LogP contribution in [0.3, 0.4) is 0 Å². The number of hydrogen-bond donors (Lipinski definition) is 3. The molecule has 11 heteroatoms. The number of piperidine rings is 1. The SMILES string of the molecule is COc1cc(NC2CCCCC2)ncc1-c1sc(C(=O)NCC(C)(C)O)nc1C(=O)N1CCC(F)CC1. The molecular weight excluding hydrogens is 497 g/mol. The molecule has 9 nitrogen and oxygen atoms in total. The molecular formula is C26H36FN5O4S. The topological polar surface area (TPSA) is 117 Å². The van der Waals surface area contributed by atoms with Gasteiger partial charge in [0.05, 0.1) is 23.2 Å². The molecule has 0 aromatic carbocycles. The van der Waals surface area contributed by atoms with Gasteiger partial charge in [0, 0.05) is 37.9 Å². The number of nitrogens with zero attached hydrogens (tertiary/aromatic N) is 3. The Balaban J connectivity index is 1.66. The zero-order valence-electron chi connectivity index (χ0n) is 21.7. The fourth-order valence-electron chi connectivity index (χ4n) is 4.63. The van der Waals surface area contributed by atoms with Gasteiger partial charge in [0.15, 0.2) is 5.01 Å². The number of rotatable bonds is 8. The third kappa shape index (κ3) is 6.95. The van der Waals surface area contributed by atoms with Gasteiger partial charge in [-0.1, -0.05) is 19.3 Å². The monoisotopic (exact) mass is 533 g/mol. The number of ether oxygens (including phenoxy) is 1. The van der Waals surface area contributed by atoms with Crippen LogP contribution in [0, 0.1) is 0 Å². The summed E-state index contributed by atoms with van der Waals surface area (Å²) >= 11 is 1.07. The number of aromatic nitrogens is 2. The Hall–Kier alpha value is -2.79. The van der Waals surface area contributed by atoms with Crippen molar-refractivity contribution in [3.63, 3.8) is 0 Å². The normalized spacial score (nSPS) is 17.5. The second kappa shape index (κ2) is 11.7. The Morgan fingerprint density at radius 3 is 2.57 bits per heavy atom. The van der Waals surface area contributed by atoms with Crippen LogP contribution in [0.5, 0.6) is 5.75 Å². The van der Waals surface area contributed by atoms with Gasteiger partial charge < -0.3 is 25.4 Å². The second-order valence-electron chi connectivity index (χ2n) is 10.4. The number of methoxy groups -OCH3 is 1. The molecule has 4 rings (SSSR count). The lowest BCUT2D eigenvalue weighted by molar-refractivity contribution is 0.0660. The van der Waals surface area contributed by atoms with E-state index in [2.05, 4.69) is 20.6 Å². The molecule has 1 saturated heterocycles. The van der Waals surface area contributed by atoms with Gasteiger partial charge in [0.1, 0.15) is 23.4 Å². The summed E-state index contributed by atoms with van der Waals surface area (Å²) < 4.78 is 19.4. The van der Waals surface area contributed by atoms with Crippen LogP contribution < -0.4 is 15.4 Å². The first-order chi connectivity index (χ1) is 17.6. The van der Waals surface area contributed by atoms with E-state index in [-0.39, 0.29) is 49.1 Å². The van der Waals surface area contributed by atoms with E-state index in [4.69, 9.17) is 4.74 Å². The minimum Gasteiger partial charge on any atom is -0.496 e. The van der Waals surface area contributed by atoms with E-state index in [0.29, 0.717) is 28.0 Å². The summed E-state index contributed by atoms with van der Waals surface area (Å²) in [5.74, 6) is 0.360. The highest BCUT2D eigenvalue weighted by Crippen LogP contribution is 2.38. The minimum absolute atomic E-state index is 0.0282. The van der Waals surface area contributed by atoms with E-state index >= 15 is 0 Å². The van der Waals surface area contributed by atoms with Crippen LogP contribution >= 0.6 is 11.3 Å². The summed E-state index contributed by atoms with van der Waals surface area (Å²) in [5, 5.41) is 16.2. The maximum absolute atomic E-state index is 13.7. The van der Waals surface area contributed by atoms with Gasteiger partial charge in [-0.3, -0.25) is 9.59 Å². The summed E-state index contributed by atoms with van der Waals surface area (Å²) in [7, 11) is 1.55. The van der Waals surface area contributed by atoms with Crippen molar-refractivity contribution in [1.29, 1.82) is 0 Å². The summed E-state index contributed by atoms with van der Waals surface area (Å²) in [5.41, 5.74) is -0.428. The third-order valence-electron chi connectivity index (χ3n) is 6.70. The molecule has 0 spiro atoms. The molecule has 202 valence electrons. The molecule has 2 fully saturated rings. The summed E-state index contributed by atoms with van der Waals surface area (Å²) in [6, 6.07) is 2.17. The number of pyridine rings is 1. The molecule has 37 heavy (non-hydrogen) atoms. The predicted octanol–water partition coefficient (Wildman–Crippen LogP) is 4.03. The molecule has 1 saturated carbocycles. The van der Waals surface area contributed by atoms with Crippen LogP contribution in [-0.4, -0.2) is 76.3 Å². The molecule has 2 aromatic rings. The van der Waals surface area contributed by atoms with E-state index in [1.54, 1.807) is 38.1 Å². The number of halogens is 1. The van der Waals surface area contributed by atoms with Crippen molar-refractivity contribution in [2.45, 2.75) is 76.6 Å². The van der Waals surface area contributed by atoms with Gasteiger partial charge in [-0.25, -0.2) is 14.4 Å². The number of thiazole rings is 1. The van der Waals surface area contributed by atoms with Gasteiger partial charge in [0.25, 0.3) is 11.8 Å². The number of aliphatic hydroxyl groups is 1. The van der Waals surface area contributed by atoms with Crippen LogP contribution in [-0.2, 0) is 0 Å². The number of hydrogen-bond acceptors (Lipinski definition) is 8. The van der Waals surface area contributed by atoms with Crippen LogP contribution in [0.15, 0.2) is 12.3 Å². The Morgan fingerprint density at radius 1 is 1.22 bits per heavy atom. The number of alkyl halides is 1. The predicted molar refractivity (Wildman–Crippen MR) is 141 cm³/mol. The zero-order chi connectivity index (χ0) is 26.6. The molecule has 2 aliphatic rings. The van der Waals surface area contributed by atoms with Crippen molar-refractivity contribution in [2.24, 2.45) is 0 Å². The average Bonchev–Trinajstić information content (AvgIpc) is 3.33. The molecule has 1 aliphatic heterocycles. The van der Waals surface area contributed by atoms with E-state index in [1.165, 1.54) is 19.3 Å². The lowest BCUT2D eigenvalue weighted by Gasteiger charge is -2.28. The van der Waals surface area contributed by atoms with E-state index in [0.717, 1.165) is 24.2 Å². The number of nitrogens with one attached hydrogen (secondary N) is 2. The highest BCUT2D eigenvalue weighted by atomic mass is 32.1. The van der Waals surface area contributed by atoms with Gasteiger partial charge in [0.2, 0.25) is 0 Å². The lowest BCUT2D eigenvalue weighted by Crippen LogP contribution is -2.39. The molecule has 0 unspecified atom stereocenters. The van der Waals surface area contributed by atoms with Crippen LogP contribution in [0.4, 0.5) is 10.2 Å². The second-order valence-corrected chi connectivity index (χ2v) is 11.4. The first-order valence-corrected chi connectivity index (χ1v) is 13.7. The molecule has 2 amide bonds. The Kier molecular flexibility index (Phi) is 8.63. The number of carbonyl (C=O) groups excluding carboxylic acids is 2. The van der Waals surface area contributed by atoms with Gasteiger partial charge >= 0.3 is 0 Å². The molecule has 3 heterocycles. The van der Waals surface area contributed by atoms with Gasteiger partial charge in [-0.15, -0.1) is 11.3 Å². The quantitative estimate of drug-likeness (QED) is 0.469. The largest absolute Gasteiger partial charge is 0.496 e. The number of anilines is 1. The first-order valence-electron chi connectivity index (χ1n) is 12.9. The summed E-state index contributed by atoms with van der Waals surface area (Å²) in [6.45, 7) is 3.78. The van der Waals surface area contributed by atoms with E-state index in [9.17, 15) is 19.1 Å². The minimum atomic E-state index is -1.10. The maximum Gasteiger partial charge on any atom is 0.280 e. The number of likely N-dealkylation sites (tertiary alicyclic amines) is 1. The maximum atomic E-state index is 13.7. The van der Waals surface area contributed by atoms with Crippen molar-refractivity contribution in [2.75, 3.05) is 32.1 Å². The van der Waals surface area contributed by atoms with E-state index in [1.807, 2.05) is 0 Å². The first kappa shape index (κ1) is 27.3. The van der Waals surface area contributed by atoms with Crippen LogP contribution in [0.25, 0.3) is 10.4 Å². The lowest BCUT2D eigenvalue weighted by atomic mass is 9.95. The average molecular weight is 534 g/mol. The molecule has 0 atom stereocenters. The van der Waals surface area contributed by atoms with Crippen molar-refractivity contribution in [1.82, 2.24) is 20.2 Å². The highest BCUT2D eigenvalue weighted by molar-refractivity contribution is 7.17. The molecule has 2 aromatic heterocycles. The Morgan fingerprint density at radius 2 is 1.92 bits per heavy atom. The smallest absolute Gasteiger partial charge is 0.280 e. The number of amides is 2. The van der Waals surface area contributed by atoms with Crippen molar-refractivity contribution in [3.8, 4) is 16.2 Å². The Labute approximate surface area is 220 Å².